The second-order valence-electron chi connectivity index (χ2n) is 6.93. The van der Waals surface area contributed by atoms with Crippen LogP contribution >= 0.6 is 21.7 Å². The number of carboxylic acid groups (broad SMARTS) is 1. The Morgan fingerprint density at radius 2 is 2.14 bits per heavy atom. The second-order valence-corrected chi connectivity index (χ2v) is 8.01. The Morgan fingerprint density at radius 3 is 2.90 bits per heavy atom. The van der Waals surface area contributed by atoms with Crippen molar-refractivity contribution in [1.29, 1.82) is 0 Å². The molecular formula is C22H27ClO5S. The van der Waals surface area contributed by atoms with Crippen molar-refractivity contribution < 1.29 is 24.9 Å². The van der Waals surface area contributed by atoms with Gasteiger partial charge in [0, 0.05) is 17.2 Å². The predicted molar refractivity (Wildman–Crippen MR) is 116 cm³/mol. The van der Waals surface area contributed by atoms with Gasteiger partial charge in [-0.2, -0.15) is 0 Å². The lowest BCUT2D eigenvalue weighted by molar-refractivity contribution is -0.137. The number of benzene rings is 1. The van der Waals surface area contributed by atoms with Gasteiger partial charge in [0.2, 0.25) is 0 Å². The molecule has 1 unspecified atom stereocenters. The third-order valence-electron chi connectivity index (χ3n) is 4.65. The van der Waals surface area contributed by atoms with Crippen molar-refractivity contribution in [2.75, 3.05) is 6.61 Å². The van der Waals surface area contributed by atoms with Gasteiger partial charge in [-0.25, -0.2) is 0 Å². The van der Waals surface area contributed by atoms with E-state index in [0.717, 1.165) is 28.7 Å². The van der Waals surface area contributed by atoms with Crippen molar-refractivity contribution in [3.63, 3.8) is 0 Å². The Bertz CT molecular complexity index is 734. The third-order valence-corrected chi connectivity index (χ3v) is 5.62. The molecule has 158 valence electrons. The monoisotopic (exact) mass is 438 g/mol. The van der Waals surface area contributed by atoms with Gasteiger partial charge in [0.1, 0.15) is 18.5 Å². The molecular weight excluding hydrogens is 412 g/mol. The van der Waals surface area contributed by atoms with Gasteiger partial charge in [0.15, 0.2) is 0 Å². The number of aliphatic hydroxyl groups is 2. The Morgan fingerprint density at radius 1 is 1.31 bits per heavy atom. The molecule has 1 aliphatic carbocycles. The van der Waals surface area contributed by atoms with Gasteiger partial charge < -0.3 is 20.1 Å². The van der Waals surface area contributed by atoms with Crippen molar-refractivity contribution in [1.82, 2.24) is 0 Å². The van der Waals surface area contributed by atoms with Crippen molar-refractivity contribution >= 4 is 27.6 Å². The van der Waals surface area contributed by atoms with E-state index in [1.807, 2.05) is 36.4 Å². The first-order valence-corrected chi connectivity index (χ1v) is 11.2. The first kappa shape index (κ1) is 23.5. The fourth-order valence-electron chi connectivity index (χ4n) is 3.11. The van der Waals surface area contributed by atoms with Crippen LogP contribution in [0.15, 0.2) is 65.6 Å². The maximum atomic E-state index is 10.5. The van der Waals surface area contributed by atoms with Gasteiger partial charge in [-0.3, -0.25) is 4.79 Å². The number of allylic oxidation sites excluding steroid dienone is 3. The van der Waals surface area contributed by atoms with Gasteiger partial charge in [0.05, 0.1) is 6.10 Å². The van der Waals surface area contributed by atoms with Crippen LogP contribution in [0.4, 0.5) is 0 Å². The number of ether oxygens (including phenoxy) is 1. The number of rotatable bonds is 12. The summed E-state index contributed by atoms with van der Waals surface area (Å²) in [5.41, 5.74) is 0. The summed E-state index contributed by atoms with van der Waals surface area (Å²) < 4.78 is 5.59. The highest BCUT2D eigenvalue weighted by atomic mass is 35.7. The zero-order valence-corrected chi connectivity index (χ0v) is 17.6. The summed E-state index contributed by atoms with van der Waals surface area (Å²) in [6, 6.07) is 7.31. The standard InChI is InChI=1S/C22H27ClO5S/c23-29-19-8-5-7-18(14-19)28-15-17(24)11-12-20-16(10-13-21(20)25)6-3-1-2-4-9-22(26)27/h1,3,5,7-8,10-14,16-17,20-21,24-25H,2,4,6,9,15H2,(H,26,27)/t16-,17?,20+,21+/m0/s1. The fourth-order valence-corrected chi connectivity index (χ4v) is 3.69. The van der Waals surface area contributed by atoms with Gasteiger partial charge in [-0.1, -0.05) is 42.5 Å². The molecule has 3 N–H and O–H groups in total. The molecule has 0 saturated heterocycles. The number of hydrogen-bond donors (Lipinski definition) is 3. The van der Waals surface area contributed by atoms with Crippen molar-refractivity contribution in [3.8, 4) is 5.75 Å². The molecule has 0 saturated carbocycles. The summed E-state index contributed by atoms with van der Waals surface area (Å²) in [5, 5.41) is 29.0. The quantitative estimate of drug-likeness (QED) is 0.327. The summed E-state index contributed by atoms with van der Waals surface area (Å²) in [5.74, 6) is -0.109. The van der Waals surface area contributed by atoms with Crippen LogP contribution in [0.25, 0.3) is 0 Å². The lowest BCUT2D eigenvalue weighted by atomic mass is 9.90. The van der Waals surface area contributed by atoms with Crippen LogP contribution in [0.1, 0.15) is 25.7 Å². The molecule has 4 atom stereocenters. The average molecular weight is 439 g/mol. The minimum atomic E-state index is -0.790. The normalized spacial score (nSPS) is 22.5. The summed E-state index contributed by atoms with van der Waals surface area (Å²) in [7, 11) is 6.83. The van der Waals surface area contributed by atoms with Crippen LogP contribution in [-0.4, -0.2) is 40.1 Å². The van der Waals surface area contributed by atoms with Gasteiger partial charge in [0.25, 0.3) is 0 Å². The van der Waals surface area contributed by atoms with Crippen molar-refractivity contribution in [3.05, 3.63) is 60.7 Å². The van der Waals surface area contributed by atoms with E-state index >= 15 is 0 Å². The molecule has 0 amide bonds. The maximum Gasteiger partial charge on any atom is 0.303 e. The molecule has 2 rings (SSSR count). The van der Waals surface area contributed by atoms with E-state index in [0.29, 0.717) is 12.2 Å². The van der Waals surface area contributed by atoms with E-state index in [9.17, 15) is 15.0 Å². The first-order chi connectivity index (χ1) is 14.0. The SMILES string of the molecule is O=C(O)CCCC=CC[C@H]1C=C[C@@H](O)[C@@H]1C=CC(O)COc1cccc(SCl)c1. The summed E-state index contributed by atoms with van der Waals surface area (Å²) >= 11 is 0. The number of carboxylic acids is 1. The molecule has 0 fully saturated rings. The number of aliphatic hydroxyl groups excluding tert-OH is 2. The molecule has 5 nitrogen and oxygen atoms in total. The van der Waals surface area contributed by atoms with Crippen molar-refractivity contribution in [2.45, 2.75) is 42.8 Å². The molecule has 1 aromatic rings. The molecule has 0 spiro atoms. The number of aliphatic carboxylic acids is 1. The van der Waals surface area contributed by atoms with E-state index in [2.05, 4.69) is 0 Å². The molecule has 1 aliphatic rings. The Hall–Kier alpha value is -1.73. The zero-order valence-electron chi connectivity index (χ0n) is 16.1. The molecule has 0 aromatic heterocycles. The Labute approximate surface area is 180 Å². The van der Waals surface area contributed by atoms with E-state index in [4.69, 9.17) is 20.5 Å². The minimum Gasteiger partial charge on any atom is -0.491 e. The topological polar surface area (TPSA) is 87.0 Å². The van der Waals surface area contributed by atoms with Crippen LogP contribution in [0.3, 0.4) is 0 Å². The summed E-state index contributed by atoms with van der Waals surface area (Å²) in [6.07, 6.45) is 12.2. The lowest BCUT2D eigenvalue weighted by Crippen LogP contribution is -2.20. The number of halogens is 1. The fraction of sp³-hybridized carbons (Fsp3) is 0.409. The largest absolute Gasteiger partial charge is 0.491 e. The highest BCUT2D eigenvalue weighted by Gasteiger charge is 2.27. The molecule has 0 aliphatic heterocycles. The zero-order chi connectivity index (χ0) is 21.1. The van der Waals surface area contributed by atoms with E-state index in [1.54, 1.807) is 24.3 Å². The first-order valence-electron chi connectivity index (χ1n) is 9.60. The van der Waals surface area contributed by atoms with Crippen LogP contribution in [0.5, 0.6) is 5.75 Å². The highest BCUT2D eigenvalue weighted by molar-refractivity contribution is 8.21. The van der Waals surface area contributed by atoms with Crippen LogP contribution in [0.2, 0.25) is 0 Å². The van der Waals surface area contributed by atoms with Gasteiger partial charge >= 0.3 is 5.97 Å². The van der Waals surface area contributed by atoms with Crippen LogP contribution in [0, 0.1) is 11.8 Å². The minimum absolute atomic E-state index is 0.107. The predicted octanol–water partition coefficient (Wildman–Crippen LogP) is 4.59. The molecule has 0 heterocycles. The average Bonchev–Trinajstić information content (AvgIpc) is 3.06. The van der Waals surface area contributed by atoms with Crippen LogP contribution in [-0.2, 0) is 4.79 Å². The van der Waals surface area contributed by atoms with Crippen LogP contribution < -0.4 is 4.74 Å². The number of unbranched alkanes of at least 4 members (excludes halogenated alkanes) is 1. The van der Waals surface area contributed by atoms with E-state index in [-0.39, 0.29) is 24.9 Å². The Kier molecular flexibility index (Phi) is 10.4. The van der Waals surface area contributed by atoms with E-state index < -0.39 is 18.2 Å². The third kappa shape index (κ3) is 8.66. The molecule has 0 radical (unpaired) electrons. The lowest BCUT2D eigenvalue weighted by Gasteiger charge is -2.18. The summed E-state index contributed by atoms with van der Waals surface area (Å²) in [4.78, 5) is 11.4. The summed E-state index contributed by atoms with van der Waals surface area (Å²) in [6.45, 7) is 0.108. The second kappa shape index (κ2) is 12.8. The molecule has 29 heavy (non-hydrogen) atoms. The van der Waals surface area contributed by atoms with E-state index in [1.165, 1.54) is 0 Å². The van der Waals surface area contributed by atoms with Gasteiger partial charge in [-0.15, -0.1) is 0 Å². The van der Waals surface area contributed by atoms with Gasteiger partial charge in [-0.05, 0) is 65.0 Å². The Balaban J connectivity index is 1.78. The molecule has 7 heteroatoms. The number of carbonyl (C=O) groups is 1. The smallest absolute Gasteiger partial charge is 0.303 e. The molecule has 0 bridgehead atoms. The number of hydrogen-bond acceptors (Lipinski definition) is 5. The van der Waals surface area contributed by atoms with Crippen molar-refractivity contribution in [2.24, 2.45) is 11.8 Å². The highest BCUT2D eigenvalue weighted by Crippen LogP contribution is 2.30. The molecule has 1 aromatic carbocycles. The maximum absolute atomic E-state index is 10.5.